The molecule has 102 valence electrons. The Morgan fingerprint density at radius 2 is 2.06 bits per heavy atom. The SMILES string of the molecule is CCN(CCNS(C)(=O)=O)c1cccc(N)c1C. The first-order valence-electron chi connectivity index (χ1n) is 5.90. The van der Waals surface area contributed by atoms with Crippen LogP contribution in [0.3, 0.4) is 0 Å². The van der Waals surface area contributed by atoms with Gasteiger partial charge >= 0.3 is 0 Å². The number of likely N-dealkylation sites (N-methyl/N-ethyl adjacent to an activating group) is 1. The Kier molecular flexibility index (Phi) is 4.98. The molecule has 0 spiro atoms. The fraction of sp³-hybridized carbons (Fsp3) is 0.500. The van der Waals surface area contributed by atoms with Crippen LogP contribution in [0.2, 0.25) is 0 Å². The normalized spacial score (nSPS) is 11.5. The minimum Gasteiger partial charge on any atom is -0.398 e. The zero-order chi connectivity index (χ0) is 13.8. The molecule has 1 rings (SSSR count). The molecule has 0 bridgehead atoms. The van der Waals surface area contributed by atoms with Gasteiger partial charge in [0, 0.05) is 31.0 Å². The van der Waals surface area contributed by atoms with Gasteiger partial charge in [0.05, 0.1) is 6.26 Å². The number of nitrogens with one attached hydrogen (secondary N) is 1. The third-order valence-electron chi connectivity index (χ3n) is 2.82. The number of nitrogens with zero attached hydrogens (tertiary/aromatic N) is 1. The Morgan fingerprint density at radius 3 is 2.61 bits per heavy atom. The Labute approximate surface area is 109 Å². The summed E-state index contributed by atoms with van der Waals surface area (Å²) in [5.41, 5.74) is 8.70. The van der Waals surface area contributed by atoms with Gasteiger partial charge < -0.3 is 10.6 Å². The lowest BCUT2D eigenvalue weighted by Crippen LogP contribution is -2.34. The number of hydrogen-bond acceptors (Lipinski definition) is 4. The van der Waals surface area contributed by atoms with Gasteiger partial charge in [0.15, 0.2) is 0 Å². The molecule has 0 atom stereocenters. The van der Waals surface area contributed by atoms with Crippen LogP contribution in [0, 0.1) is 6.92 Å². The molecule has 0 unspecified atom stereocenters. The Morgan fingerprint density at radius 1 is 1.39 bits per heavy atom. The number of sulfonamides is 1. The average Bonchev–Trinajstić information content (AvgIpc) is 2.27. The lowest BCUT2D eigenvalue weighted by molar-refractivity contribution is 0.587. The molecule has 5 nitrogen and oxygen atoms in total. The van der Waals surface area contributed by atoms with Crippen LogP contribution < -0.4 is 15.4 Å². The Hall–Kier alpha value is -1.27. The van der Waals surface area contributed by atoms with Crippen molar-refractivity contribution in [3.05, 3.63) is 23.8 Å². The average molecular weight is 271 g/mol. The number of benzene rings is 1. The summed E-state index contributed by atoms with van der Waals surface area (Å²) in [6.45, 7) is 5.81. The van der Waals surface area contributed by atoms with Crippen LogP contribution in [0.1, 0.15) is 12.5 Å². The highest BCUT2D eigenvalue weighted by atomic mass is 32.2. The largest absolute Gasteiger partial charge is 0.398 e. The first kappa shape index (κ1) is 14.8. The standard InChI is InChI=1S/C12H21N3O2S/c1-4-15(9-8-14-18(3,16)17)12-7-5-6-11(13)10(12)2/h5-7,14H,4,8-9,13H2,1-3H3. The number of hydrogen-bond donors (Lipinski definition) is 2. The van der Waals surface area contributed by atoms with E-state index in [0.29, 0.717) is 13.1 Å². The van der Waals surface area contributed by atoms with Crippen LogP contribution in [0.4, 0.5) is 11.4 Å². The van der Waals surface area contributed by atoms with Gasteiger partial charge in [0.25, 0.3) is 0 Å². The first-order chi connectivity index (χ1) is 8.35. The maximum atomic E-state index is 11.0. The predicted octanol–water partition coefficient (Wildman–Crippen LogP) is 0.953. The molecule has 1 aromatic rings. The van der Waals surface area contributed by atoms with Crippen molar-refractivity contribution in [2.75, 3.05) is 36.5 Å². The van der Waals surface area contributed by atoms with Gasteiger partial charge in [-0.15, -0.1) is 0 Å². The van der Waals surface area contributed by atoms with E-state index >= 15 is 0 Å². The van der Waals surface area contributed by atoms with E-state index in [1.807, 2.05) is 32.0 Å². The van der Waals surface area contributed by atoms with E-state index in [2.05, 4.69) is 9.62 Å². The third kappa shape index (κ3) is 4.19. The summed E-state index contributed by atoms with van der Waals surface area (Å²) >= 11 is 0. The molecule has 0 fully saturated rings. The van der Waals surface area contributed by atoms with E-state index in [-0.39, 0.29) is 0 Å². The van der Waals surface area contributed by atoms with Gasteiger partial charge in [-0.05, 0) is 31.5 Å². The van der Waals surface area contributed by atoms with E-state index in [9.17, 15) is 8.42 Å². The third-order valence-corrected chi connectivity index (χ3v) is 3.54. The molecule has 18 heavy (non-hydrogen) atoms. The van der Waals surface area contributed by atoms with Crippen molar-refractivity contribution in [1.82, 2.24) is 4.72 Å². The van der Waals surface area contributed by atoms with Gasteiger partial charge in [-0.25, -0.2) is 13.1 Å². The zero-order valence-electron chi connectivity index (χ0n) is 11.1. The van der Waals surface area contributed by atoms with Gasteiger partial charge in [-0.3, -0.25) is 0 Å². The highest BCUT2D eigenvalue weighted by Gasteiger charge is 2.09. The minimum absolute atomic E-state index is 0.390. The van der Waals surface area contributed by atoms with Crippen LogP contribution >= 0.6 is 0 Å². The molecular formula is C12H21N3O2S. The summed E-state index contributed by atoms with van der Waals surface area (Å²) < 4.78 is 24.5. The zero-order valence-corrected chi connectivity index (χ0v) is 11.9. The Balaban J connectivity index is 2.75. The van der Waals surface area contributed by atoms with E-state index in [1.165, 1.54) is 0 Å². The molecule has 3 N–H and O–H groups in total. The molecule has 6 heteroatoms. The van der Waals surface area contributed by atoms with Crippen LogP contribution in [-0.4, -0.2) is 34.3 Å². The maximum absolute atomic E-state index is 11.0. The fourth-order valence-corrected chi connectivity index (χ4v) is 2.26. The van der Waals surface area contributed by atoms with Crippen LogP contribution in [0.15, 0.2) is 18.2 Å². The lowest BCUT2D eigenvalue weighted by atomic mass is 10.1. The van der Waals surface area contributed by atoms with Crippen LogP contribution in [0.5, 0.6) is 0 Å². The molecule has 0 aliphatic heterocycles. The Bertz CT molecular complexity index is 500. The summed E-state index contributed by atoms with van der Waals surface area (Å²) in [6.07, 6.45) is 1.16. The van der Waals surface area contributed by atoms with E-state index in [4.69, 9.17) is 5.73 Å². The fourth-order valence-electron chi connectivity index (χ4n) is 1.80. The molecule has 0 radical (unpaired) electrons. The van der Waals surface area contributed by atoms with E-state index < -0.39 is 10.0 Å². The molecule has 0 saturated carbocycles. The van der Waals surface area contributed by atoms with Crippen molar-refractivity contribution >= 4 is 21.4 Å². The molecule has 0 aromatic heterocycles. The van der Waals surface area contributed by atoms with Crippen molar-refractivity contribution in [3.63, 3.8) is 0 Å². The van der Waals surface area contributed by atoms with Crippen LogP contribution in [0.25, 0.3) is 0 Å². The summed E-state index contributed by atoms with van der Waals surface area (Å²) in [4.78, 5) is 2.10. The number of nitrogen functional groups attached to an aromatic ring is 1. The monoisotopic (exact) mass is 271 g/mol. The lowest BCUT2D eigenvalue weighted by Gasteiger charge is -2.25. The second-order valence-electron chi connectivity index (χ2n) is 4.24. The molecule has 1 aromatic carbocycles. The number of rotatable bonds is 6. The second-order valence-corrected chi connectivity index (χ2v) is 6.07. The summed E-state index contributed by atoms with van der Waals surface area (Å²) in [5.74, 6) is 0. The minimum atomic E-state index is -3.13. The van der Waals surface area contributed by atoms with Gasteiger partial charge in [0.1, 0.15) is 0 Å². The van der Waals surface area contributed by atoms with Crippen molar-refractivity contribution in [2.24, 2.45) is 0 Å². The number of nitrogens with two attached hydrogens (primary N) is 1. The molecular weight excluding hydrogens is 250 g/mol. The first-order valence-corrected chi connectivity index (χ1v) is 7.79. The second kappa shape index (κ2) is 6.06. The smallest absolute Gasteiger partial charge is 0.208 e. The van der Waals surface area contributed by atoms with Gasteiger partial charge in [-0.2, -0.15) is 0 Å². The summed E-state index contributed by atoms with van der Waals surface area (Å²) in [7, 11) is -3.13. The van der Waals surface area contributed by atoms with Gasteiger partial charge in [0.2, 0.25) is 10.0 Å². The molecule has 0 heterocycles. The predicted molar refractivity (Wildman–Crippen MR) is 76.3 cm³/mol. The summed E-state index contributed by atoms with van der Waals surface area (Å²) in [5, 5.41) is 0. The quantitative estimate of drug-likeness (QED) is 0.755. The van der Waals surface area contributed by atoms with Crippen LogP contribution in [-0.2, 0) is 10.0 Å². The molecule has 0 aliphatic rings. The molecule has 0 saturated heterocycles. The van der Waals surface area contributed by atoms with Crippen molar-refractivity contribution in [1.29, 1.82) is 0 Å². The van der Waals surface area contributed by atoms with Gasteiger partial charge in [-0.1, -0.05) is 6.07 Å². The molecule has 0 aliphatic carbocycles. The van der Waals surface area contributed by atoms with E-state index in [1.54, 1.807) is 0 Å². The topological polar surface area (TPSA) is 75.4 Å². The molecule has 0 amide bonds. The highest BCUT2D eigenvalue weighted by Crippen LogP contribution is 2.24. The van der Waals surface area contributed by atoms with Crippen molar-refractivity contribution in [2.45, 2.75) is 13.8 Å². The number of anilines is 2. The van der Waals surface area contributed by atoms with Crippen molar-refractivity contribution in [3.8, 4) is 0 Å². The maximum Gasteiger partial charge on any atom is 0.208 e. The van der Waals surface area contributed by atoms with E-state index in [0.717, 1.165) is 29.7 Å². The van der Waals surface area contributed by atoms with Crippen molar-refractivity contribution < 1.29 is 8.42 Å². The summed E-state index contributed by atoms with van der Waals surface area (Å²) in [6, 6.07) is 5.77. The highest BCUT2D eigenvalue weighted by molar-refractivity contribution is 7.88.